The molecule has 3 aromatic carbocycles. The molecule has 8 nitrogen and oxygen atoms in total. The Morgan fingerprint density at radius 2 is 1.67 bits per heavy atom. The van der Waals surface area contributed by atoms with E-state index in [9.17, 15) is 9.90 Å². The van der Waals surface area contributed by atoms with E-state index < -0.39 is 5.97 Å². The smallest absolute Gasteiger partial charge is 0.335 e. The van der Waals surface area contributed by atoms with Crippen molar-refractivity contribution in [2.24, 2.45) is 0 Å². The normalized spacial score (nSPS) is 15.8. The number of tetrazole rings is 1. The van der Waals surface area contributed by atoms with Gasteiger partial charge in [-0.1, -0.05) is 66.7 Å². The van der Waals surface area contributed by atoms with E-state index in [0.717, 1.165) is 33.6 Å². The number of anilines is 1. The van der Waals surface area contributed by atoms with E-state index >= 15 is 0 Å². The average Bonchev–Trinajstić information content (AvgIpc) is 3.48. The lowest BCUT2D eigenvalue weighted by Crippen LogP contribution is -2.36. The standard InChI is InChI=1S/C25H22N6O2/c1-16-23(25(32)33)22(31(28-16)19-7-3-2-4-8-19)15-17-11-13-18(14-12-17)20-9-5-6-10-21(20)24-26-29-30-27-24/h2-14,16,28H,15H2,1H3,(H,32,33)(H,26,27,29,30). The van der Waals surface area contributed by atoms with Gasteiger partial charge in [0.05, 0.1) is 23.0 Å². The van der Waals surface area contributed by atoms with Crippen LogP contribution in [0, 0.1) is 0 Å². The first-order valence-electron chi connectivity index (χ1n) is 10.6. The maximum atomic E-state index is 12.0. The maximum Gasteiger partial charge on any atom is 0.335 e. The highest BCUT2D eigenvalue weighted by atomic mass is 16.4. The van der Waals surface area contributed by atoms with Crippen molar-refractivity contribution >= 4 is 11.7 Å². The van der Waals surface area contributed by atoms with Crippen LogP contribution in [0.4, 0.5) is 5.69 Å². The molecule has 8 heteroatoms. The number of aliphatic carboxylic acids is 1. The van der Waals surface area contributed by atoms with Gasteiger partial charge in [0.25, 0.3) is 0 Å². The first kappa shape index (κ1) is 20.6. The molecule has 1 aromatic heterocycles. The van der Waals surface area contributed by atoms with Gasteiger partial charge in [-0.05, 0) is 41.0 Å². The minimum absolute atomic E-state index is 0.293. The van der Waals surface area contributed by atoms with E-state index in [4.69, 9.17) is 0 Å². The number of allylic oxidation sites excluding steroid dienone is 1. The number of aromatic nitrogens is 4. The molecule has 164 valence electrons. The van der Waals surface area contributed by atoms with E-state index in [2.05, 4.69) is 26.0 Å². The predicted molar refractivity (Wildman–Crippen MR) is 125 cm³/mol. The lowest BCUT2D eigenvalue weighted by Gasteiger charge is -2.23. The number of carboxylic acid groups (broad SMARTS) is 1. The van der Waals surface area contributed by atoms with E-state index in [1.54, 1.807) is 0 Å². The average molecular weight is 438 g/mol. The molecule has 0 saturated heterocycles. The van der Waals surface area contributed by atoms with Crippen LogP contribution >= 0.6 is 0 Å². The summed E-state index contributed by atoms with van der Waals surface area (Å²) >= 11 is 0. The number of hydrazine groups is 1. The molecule has 1 unspecified atom stereocenters. The summed E-state index contributed by atoms with van der Waals surface area (Å²) in [7, 11) is 0. The largest absolute Gasteiger partial charge is 0.478 e. The minimum Gasteiger partial charge on any atom is -0.478 e. The van der Waals surface area contributed by atoms with Crippen LogP contribution < -0.4 is 10.4 Å². The third-order valence-corrected chi connectivity index (χ3v) is 5.73. The Kier molecular flexibility index (Phi) is 5.42. The Labute approximate surface area is 190 Å². The Morgan fingerprint density at radius 3 is 2.33 bits per heavy atom. The van der Waals surface area contributed by atoms with Crippen molar-refractivity contribution in [1.82, 2.24) is 26.0 Å². The highest BCUT2D eigenvalue weighted by Gasteiger charge is 2.33. The van der Waals surface area contributed by atoms with Crippen LogP contribution in [0.3, 0.4) is 0 Å². The minimum atomic E-state index is -0.908. The lowest BCUT2D eigenvalue weighted by atomic mass is 9.96. The molecular formula is C25H22N6O2. The topological polar surface area (TPSA) is 107 Å². The molecule has 33 heavy (non-hydrogen) atoms. The summed E-state index contributed by atoms with van der Waals surface area (Å²) < 4.78 is 0. The Hall–Kier alpha value is -4.30. The van der Waals surface area contributed by atoms with Gasteiger partial charge in [-0.15, -0.1) is 10.2 Å². The maximum absolute atomic E-state index is 12.0. The zero-order valence-corrected chi connectivity index (χ0v) is 17.9. The van der Waals surface area contributed by atoms with Gasteiger partial charge in [-0.2, -0.15) is 5.21 Å². The molecule has 0 bridgehead atoms. The fraction of sp³-hybridized carbons (Fsp3) is 0.120. The summed E-state index contributed by atoms with van der Waals surface area (Å²) in [5, 5.41) is 26.1. The monoisotopic (exact) mass is 438 g/mol. The summed E-state index contributed by atoms with van der Waals surface area (Å²) in [5.74, 6) is -0.371. The van der Waals surface area contributed by atoms with Crippen LogP contribution in [0.5, 0.6) is 0 Å². The first-order valence-corrected chi connectivity index (χ1v) is 10.6. The van der Waals surface area contributed by atoms with E-state index in [1.165, 1.54) is 0 Å². The number of para-hydroxylation sites is 1. The number of nitrogens with zero attached hydrogens (tertiary/aromatic N) is 4. The van der Waals surface area contributed by atoms with Crippen molar-refractivity contribution in [3.05, 3.63) is 95.7 Å². The van der Waals surface area contributed by atoms with Crippen molar-refractivity contribution in [3.63, 3.8) is 0 Å². The number of nitrogens with one attached hydrogen (secondary N) is 2. The second-order valence-corrected chi connectivity index (χ2v) is 7.84. The van der Waals surface area contributed by atoms with E-state index in [0.29, 0.717) is 17.8 Å². The summed E-state index contributed by atoms with van der Waals surface area (Å²) in [6.45, 7) is 1.87. The highest BCUT2D eigenvalue weighted by Crippen LogP contribution is 2.32. The number of hydrogen-bond acceptors (Lipinski definition) is 6. The van der Waals surface area contributed by atoms with Gasteiger partial charge in [0, 0.05) is 12.0 Å². The molecule has 1 atom stereocenters. The predicted octanol–water partition coefficient (Wildman–Crippen LogP) is 3.83. The molecular weight excluding hydrogens is 416 g/mol. The molecule has 5 rings (SSSR count). The van der Waals surface area contributed by atoms with Crippen LogP contribution in [0.2, 0.25) is 0 Å². The fourth-order valence-electron chi connectivity index (χ4n) is 4.20. The summed E-state index contributed by atoms with van der Waals surface area (Å²) in [6.07, 6.45) is 0.487. The zero-order chi connectivity index (χ0) is 22.8. The van der Waals surface area contributed by atoms with Gasteiger partial charge in [-0.3, -0.25) is 5.01 Å². The van der Waals surface area contributed by atoms with Crippen molar-refractivity contribution in [2.45, 2.75) is 19.4 Å². The van der Waals surface area contributed by atoms with Crippen molar-refractivity contribution in [1.29, 1.82) is 0 Å². The van der Waals surface area contributed by atoms with Crippen LogP contribution in [0.25, 0.3) is 22.5 Å². The molecule has 0 fully saturated rings. The molecule has 3 N–H and O–H groups in total. The molecule has 1 aliphatic heterocycles. The molecule has 0 saturated carbocycles. The Morgan fingerprint density at radius 1 is 0.970 bits per heavy atom. The van der Waals surface area contributed by atoms with Gasteiger partial charge >= 0.3 is 5.97 Å². The highest BCUT2D eigenvalue weighted by molar-refractivity contribution is 5.91. The molecule has 2 heterocycles. The molecule has 4 aromatic rings. The molecule has 0 aliphatic carbocycles. The van der Waals surface area contributed by atoms with Crippen molar-refractivity contribution in [3.8, 4) is 22.5 Å². The second kappa shape index (κ2) is 8.68. The molecule has 0 spiro atoms. The zero-order valence-electron chi connectivity index (χ0n) is 17.9. The SMILES string of the molecule is CC1NN(c2ccccc2)C(Cc2ccc(-c3ccccc3-c3nn[nH]n3)cc2)=C1C(=O)O. The summed E-state index contributed by atoms with van der Waals surface area (Å²) in [6, 6.07) is 25.5. The summed E-state index contributed by atoms with van der Waals surface area (Å²) in [4.78, 5) is 12.0. The molecule has 0 radical (unpaired) electrons. The van der Waals surface area contributed by atoms with Gasteiger partial charge in [0.15, 0.2) is 0 Å². The second-order valence-electron chi connectivity index (χ2n) is 7.84. The van der Waals surface area contributed by atoms with Gasteiger partial charge < -0.3 is 5.11 Å². The van der Waals surface area contributed by atoms with Gasteiger partial charge in [0.1, 0.15) is 0 Å². The number of aromatic amines is 1. The number of rotatable bonds is 6. The number of H-pyrrole nitrogens is 1. The van der Waals surface area contributed by atoms with Crippen LogP contribution in [0.15, 0.2) is 90.1 Å². The van der Waals surface area contributed by atoms with E-state index in [1.807, 2.05) is 90.8 Å². The quantitative estimate of drug-likeness (QED) is 0.420. The molecule has 1 aliphatic rings. The number of carboxylic acids is 1. The first-order chi connectivity index (χ1) is 16.1. The van der Waals surface area contributed by atoms with Crippen molar-refractivity contribution in [2.75, 3.05) is 5.01 Å². The Bertz CT molecular complexity index is 1300. The van der Waals surface area contributed by atoms with Crippen LogP contribution in [-0.4, -0.2) is 37.7 Å². The molecule has 0 amide bonds. The van der Waals surface area contributed by atoms with Gasteiger partial charge in [-0.25, -0.2) is 10.2 Å². The number of carbonyl (C=O) groups is 1. The van der Waals surface area contributed by atoms with Crippen molar-refractivity contribution < 1.29 is 9.90 Å². The Balaban J connectivity index is 1.47. The number of benzene rings is 3. The van der Waals surface area contributed by atoms with Crippen LogP contribution in [-0.2, 0) is 11.2 Å². The third-order valence-electron chi connectivity index (χ3n) is 5.73. The summed E-state index contributed by atoms with van der Waals surface area (Å²) in [5.41, 5.74) is 9.23. The lowest BCUT2D eigenvalue weighted by molar-refractivity contribution is -0.132. The fourth-order valence-corrected chi connectivity index (χ4v) is 4.20. The number of hydrogen-bond donors (Lipinski definition) is 3. The van der Waals surface area contributed by atoms with Crippen LogP contribution in [0.1, 0.15) is 12.5 Å². The third kappa shape index (κ3) is 3.99. The van der Waals surface area contributed by atoms with E-state index in [-0.39, 0.29) is 6.04 Å². The van der Waals surface area contributed by atoms with Gasteiger partial charge in [0.2, 0.25) is 5.82 Å².